The molecular formula is C16H19N7O2. The summed E-state index contributed by atoms with van der Waals surface area (Å²) in [5.41, 5.74) is 7.89. The van der Waals surface area contributed by atoms with E-state index in [0.29, 0.717) is 29.2 Å². The summed E-state index contributed by atoms with van der Waals surface area (Å²) in [6, 6.07) is 5.15. The van der Waals surface area contributed by atoms with E-state index in [9.17, 15) is 4.79 Å². The normalized spacial score (nSPS) is 15.4. The van der Waals surface area contributed by atoms with E-state index in [2.05, 4.69) is 25.5 Å². The van der Waals surface area contributed by atoms with Gasteiger partial charge in [-0.2, -0.15) is 10.1 Å². The maximum atomic E-state index is 10.8. The molecule has 0 radical (unpaired) electrons. The number of nitrogens with zero attached hydrogens (tertiary/aromatic N) is 4. The number of aromatic nitrogens is 5. The zero-order valence-electron chi connectivity index (χ0n) is 13.5. The Morgan fingerprint density at radius 2 is 2.32 bits per heavy atom. The molecular weight excluding hydrogens is 322 g/mol. The summed E-state index contributed by atoms with van der Waals surface area (Å²) in [4.78, 5) is 19.7. The first-order valence-electron chi connectivity index (χ1n) is 8.25. The lowest BCUT2D eigenvalue weighted by atomic mass is 10.1. The Balaban J connectivity index is 1.61. The van der Waals surface area contributed by atoms with E-state index in [0.717, 1.165) is 5.69 Å². The number of hydrogen-bond acceptors (Lipinski definition) is 6. The van der Waals surface area contributed by atoms with Gasteiger partial charge in [-0.15, -0.1) is 0 Å². The van der Waals surface area contributed by atoms with Crippen LogP contribution in [0.2, 0.25) is 0 Å². The van der Waals surface area contributed by atoms with Gasteiger partial charge >= 0.3 is 5.97 Å². The van der Waals surface area contributed by atoms with Crippen LogP contribution in [0.5, 0.6) is 0 Å². The molecule has 3 aromatic heterocycles. The minimum atomic E-state index is -0.887. The number of aliphatic carboxylic acids is 1. The Morgan fingerprint density at radius 3 is 3.08 bits per heavy atom. The molecule has 0 saturated heterocycles. The molecule has 3 aromatic rings. The van der Waals surface area contributed by atoms with Gasteiger partial charge in [0.2, 0.25) is 5.95 Å². The number of anilines is 2. The first kappa shape index (κ1) is 15.6. The van der Waals surface area contributed by atoms with Crippen molar-refractivity contribution in [3.05, 3.63) is 35.9 Å². The second-order valence-corrected chi connectivity index (χ2v) is 6.29. The average Bonchev–Trinajstić information content (AvgIpc) is 3.14. The number of carboxylic acids is 1. The number of carboxylic acid groups (broad SMARTS) is 1. The van der Waals surface area contributed by atoms with E-state index >= 15 is 0 Å². The Morgan fingerprint density at radius 1 is 1.48 bits per heavy atom. The van der Waals surface area contributed by atoms with Crippen molar-refractivity contribution < 1.29 is 9.90 Å². The summed E-state index contributed by atoms with van der Waals surface area (Å²) in [6.45, 7) is 0. The van der Waals surface area contributed by atoms with E-state index in [1.807, 2.05) is 24.4 Å². The van der Waals surface area contributed by atoms with Crippen molar-refractivity contribution in [2.75, 3.05) is 5.32 Å². The molecule has 0 spiro atoms. The molecule has 9 nitrogen and oxygen atoms in total. The molecule has 1 unspecified atom stereocenters. The van der Waals surface area contributed by atoms with Crippen molar-refractivity contribution in [3.63, 3.8) is 0 Å². The first-order chi connectivity index (χ1) is 12.1. The molecule has 0 amide bonds. The molecule has 3 heterocycles. The fraction of sp³-hybridized carbons (Fsp3) is 0.375. The molecule has 25 heavy (non-hydrogen) atoms. The third kappa shape index (κ3) is 3.31. The molecule has 1 saturated carbocycles. The Bertz CT molecular complexity index is 912. The van der Waals surface area contributed by atoms with Gasteiger partial charge in [-0.1, -0.05) is 0 Å². The zero-order valence-corrected chi connectivity index (χ0v) is 13.5. The molecule has 1 fully saturated rings. The molecule has 4 rings (SSSR count). The van der Waals surface area contributed by atoms with Crippen LogP contribution in [0.25, 0.3) is 5.65 Å². The fourth-order valence-corrected chi connectivity index (χ4v) is 2.73. The number of H-pyrrole nitrogens is 1. The van der Waals surface area contributed by atoms with Crippen molar-refractivity contribution in [3.8, 4) is 0 Å². The van der Waals surface area contributed by atoms with Crippen LogP contribution >= 0.6 is 0 Å². The second-order valence-electron chi connectivity index (χ2n) is 6.29. The highest BCUT2D eigenvalue weighted by Crippen LogP contribution is 2.39. The van der Waals surface area contributed by atoms with Crippen LogP contribution < -0.4 is 11.1 Å². The van der Waals surface area contributed by atoms with Crippen molar-refractivity contribution in [1.29, 1.82) is 0 Å². The third-order valence-electron chi connectivity index (χ3n) is 4.26. The molecule has 0 bridgehead atoms. The minimum Gasteiger partial charge on any atom is -0.481 e. The highest BCUT2D eigenvalue weighted by molar-refractivity contribution is 5.66. The van der Waals surface area contributed by atoms with E-state index < -0.39 is 12.0 Å². The highest BCUT2D eigenvalue weighted by Gasteiger charge is 2.25. The quantitative estimate of drug-likeness (QED) is 0.516. The maximum Gasteiger partial charge on any atom is 0.303 e. The van der Waals surface area contributed by atoms with Gasteiger partial charge in [-0.05, 0) is 31.4 Å². The van der Waals surface area contributed by atoms with Gasteiger partial charge in [0.25, 0.3) is 0 Å². The van der Waals surface area contributed by atoms with E-state index in [1.54, 1.807) is 4.40 Å². The van der Waals surface area contributed by atoms with Crippen LogP contribution in [0, 0.1) is 0 Å². The Hall–Kier alpha value is -2.94. The number of nitrogens with two attached hydrogens (primary N) is 1. The van der Waals surface area contributed by atoms with Gasteiger partial charge in [-0.3, -0.25) is 14.3 Å². The van der Waals surface area contributed by atoms with Crippen molar-refractivity contribution >= 4 is 23.4 Å². The number of nitrogens with one attached hydrogen (secondary N) is 2. The summed E-state index contributed by atoms with van der Waals surface area (Å²) in [5.74, 6) is 1.33. The van der Waals surface area contributed by atoms with E-state index in [-0.39, 0.29) is 12.8 Å². The minimum absolute atomic E-state index is 0.0242. The number of fused-ring (bicyclic) bond motifs is 1. The van der Waals surface area contributed by atoms with Crippen LogP contribution in [-0.4, -0.2) is 35.6 Å². The summed E-state index contributed by atoms with van der Waals surface area (Å²) in [5, 5.41) is 19.3. The highest BCUT2D eigenvalue weighted by atomic mass is 16.4. The standard InChI is InChI=1S/C16H19N7O2/c17-10(5-6-14(24)25)15-19-13-2-1-7-23(13)16(20-15)18-12-8-11(21-22-12)9-3-4-9/h1-2,7-10H,3-6,17H2,(H,24,25)(H2,18,19,20,21,22). The van der Waals surface area contributed by atoms with Crippen LogP contribution in [0.4, 0.5) is 11.8 Å². The lowest BCUT2D eigenvalue weighted by Gasteiger charge is -2.12. The fourth-order valence-electron chi connectivity index (χ4n) is 2.73. The molecule has 1 aliphatic carbocycles. The smallest absolute Gasteiger partial charge is 0.303 e. The summed E-state index contributed by atoms with van der Waals surface area (Å²) in [6.07, 6.45) is 4.49. The molecule has 130 valence electrons. The van der Waals surface area contributed by atoms with Crippen LogP contribution in [0.1, 0.15) is 49.2 Å². The van der Waals surface area contributed by atoms with Crippen molar-refractivity contribution in [2.45, 2.75) is 37.6 Å². The molecule has 5 N–H and O–H groups in total. The van der Waals surface area contributed by atoms with Gasteiger partial charge < -0.3 is 16.2 Å². The lowest BCUT2D eigenvalue weighted by Crippen LogP contribution is -2.17. The molecule has 1 aliphatic rings. The Labute approximate surface area is 143 Å². The number of rotatable bonds is 7. The van der Waals surface area contributed by atoms with Crippen molar-refractivity contribution in [1.82, 2.24) is 24.6 Å². The van der Waals surface area contributed by atoms with Gasteiger partial charge in [0.15, 0.2) is 11.6 Å². The maximum absolute atomic E-state index is 10.8. The lowest BCUT2D eigenvalue weighted by molar-refractivity contribution is -0.137. The molecule has 0 aromatic carbocycles. The van der Waals surface area contributed by atoms with Crippen LogP contribution in [0.3, 0.4) is 0 Å². The molecule has 9 heteroatoms. The Kier molecular flexibility index (Phi) is 3.85. The zero-order chi connectivity index (χ0) is 17.4. The van der Waals surface area contributed by atoms with Crippen molar-refractivity contribution in [2.24, 2.45) is 5.73 Å². The average molecular weight is 341 g/mol. The summed E-state index contributed by atoms with van der Waals surface area (Å²) < 4.78 is 1.80. The first-order valence-corrected chi connectivity index (χ1v) is 8.25. The summed E-state index contributed by atoms with van der Waals surface area (Å²) >= 11 is 0. The van der Waals surface area contributed by atoms with Crippen LogP contribution in [0.15, 0.2) is 24.4 Å². The topological polar surface area (TPSA) is 134 Å². The molecule has 1 atom stereocenters. The summed E-state index contributed by atoms with van der Waals surface area (Å²) in [7, 11) is 0. The van der Waals surface area contributed by atoms with Gasteiger partial charge in [0, 0.05) is 30.3 Å². The largest absolute Gasteiger partial charge is 0.481 e. The number of aromatic amines is 1. The predicted molar refractivity (Wildman–Crippen MR) is 90.6 cm³/mol. The predicted octanol–water partition coefficient (Wildman–Crippen LogP) is 1.94. The molecule has 0 aliphatic heterocycles. The number of hydrogen-bond donors (Lipinski definition) is 4. The van der Waals surface area contributed by atoms with Gasteiger partial charge in [0.05, 0.1) is 6.04 Å². The van der Waals surface area contributed by atoms with Gasteiger partial charge in [-0.25, -0.2) is 4.98 Å². The SMILES string of the molecule is NC(CCC(=O)O)c1nc(Nc2cc(C3CC3)[nH]n2)n2cccc2n1. The van der Waals surface area contributed by atoms with Crippen LogP contribution in [-0.2, 0) is 4.79 Å². The number of carbonyl (C=O) groups is 1. The van der Waals surface area contributed by atoms with E-state index in [4.69, 9.17) is 10.8 Å². The third-order valence-corrected chi connectivity index (χ3v) is 4.26. The van der Waals surface area contributed by atoms with Gasteiger partial charge in [0.1, 0.15) is 5.65 Å². The monoisotopic (exact) mass is 341 g/mol. The second kappa shape index (κ2) is 6.17. The van der Waals surface area contributed by atoms with E-state index in [1.165, 1.54) is 12.8 Å².